The van der Waals surface area contributed by atoms with Gasteiger partial charge in [0.15, 0.2) is 16.5 Å². The summed E-state index contributed by atoms with van der Waals surface area (Å²) in [6.07, 6.45) is 8.52. The standard InChI is InChI=1S/C56H78F4N8O19S/c1-2-11-68(86-14-10-62-56(72)66-43-4-3-5-43)55(71)41-33-40-7-6-39(34-44(40)67-45(61)35-41)42-36-63-46(64-37-42)38-65-47(69)8-12-76-15-17-78-19-21-80-23-25-82-27-29-84-31-32-85-30-28-83-26-24-81-22-20-79-18-16-77-13-9-48(70)87-53-49(57)51(59)54(88(73,74)75)52(60)50(53)58/h6-7,33-34,36-37,43H,2-5,8-32,35,38H2,1H3,(H2,61,67)(H,65,69)(H2,62,66,72)(H,73,74,75). The fourth-order valence-electron chi connectivity index (χ4n) is 7.74. The van der Waals surface area contributed by atoms with Crippen molar-refractivity contribution in [3.8, 4) is 16.9 Å². The minimum atomic E-state index is -5.65. The van der Waals surface area contributed by atoms with Crippen LogP contribution in [0.1, 0.15) is 63.3 Å². The molecule has 2 aromatic carbocycles. The first-order valence-electron chi connectivity index (χ1n) is 28.6. The number of esters is 1. The number of aromatic nitrogens is 2. The zero-order valence-electron chi connectivity index (χ0n) is 49.0. The van der Waals surface area contributed by atoms with Crippen LogP contribution in [0.5, 0.6) is 5.75 Å². The molecular weight excluding hydrogens is 1200 g/mol. The highest BCUT2D eigenvalue weighted by atomic mass is 32.2. The van der Waals surface area contributed by atoms with Gasteiger partial charge in [0.2, 0.25) is 23.3 Å². The zero-order valence-corrected chi connectivity index (χ0v) is 49.9. The van der Waals surface area contributed by atoms with Crippen molar-refractivity contribution >= 4 is 51.5 Å². The summed E-state index contributed by atoms with van der Waals surface area (Å²) >= 11 is 0. The molecule has 0 saturated heterocycles. The number of nitrogens with two attached hydrogens (primary N) is 1. The van der Waals surface area contributed by atoms with E-state index in [2.05, 4.69) is 35.6 Å². The third kappa shape index (κ3) is 27.1. The lowest BCUT2D eigenvalue weighted by Gasteiger charge is -2.26. The second kappa shape index (κ2) is 41.0. The SMILES string of the molecule is CCCN(OCCNC(=O)NC1CCC1)C(=O)C1=Cc2ccc(-c3cnc(CNC(=O)CCOCCOCCOCCOCCOCCOCCOCCOCCOCCOCCC(=O)Oc4c(F)c(F)c(S(=O)(=O)O)c(F)c4F)nc3)cc2N=C(N)C1. The molecule has 490 valence electrons. The second-order valence-electron chi connectivity index (χ2n) is 19.1. The van der Waals surface area contributed by atoms with Gasteiger partial charge in [-0.2, -0.15) is 17.2 Å². The molecule has 27 nitrogen and oxygen atoms in total. The van der Waals surface area contributed by atoms with E-state index in [4.69, 9.17) is 62.5 Å². The Kier molecular flexibility index (Phi) is 33.7. The molecular formula is C56H78F4N8O19S. The molecule has 3 aromatic rings. The molecule has 6 N–H and O–H groups in total. The number of benzene rings is 2. The van der Waals surface area contributed by atoms with Crippen LogP contribution in [0.2, 0.25) is 0 Å². The van der Waals surface area contributed by atoms with Gasteiger partial charge in [0.05, 0.1) is 157 Å². The van der Waals surface area contributed by atoms with Crippen LogP contribution in [0.25, 0.3) is 17.2 Å². The van der Waals surface area contributed by atoms with Crippen LogP contribution < -0.4 is 26.4 Å². The first kappa shape index (κ1) is 72.3. The molecule has 1 saturated carbocycles. The Morgan fingerprint density at radius 2 is 1.15 bits per heavy atom. The van der Waals surface area contributed by atoms with Crippen LogP contribution >= 0.6 is 0 Å². The number of carbonyl (C=O) groups excluding carboxylic acids is 4. The summed E-state index contributed by atoms with van der Waals surface area (Å²) in [5.74, 6) is -12.5. The van der Waals surface area contributed by atoms with E-state index in [0.717, 1.165) is 30.4 Å². The maximum absolute atomic E-state index is 14.0. The van der Waals surface area contributed by atoms with Crippen molar-refractivity contribution in [2.45, 2.75) is 69.4 Å². The number of nitrogens with one attached hydrogen (secondary N) is 3. The Morgan fingerprint density at radius 3 is 1.61 bits per heavy atom. The van der Waals surface area contributed by atoms with Crippen LogP contribution in [-0.4, -0.2) is 216 Å². The van der Waals surface area contributed by atoms with Crippen molar-refractivity contribution in [2.24, 2.45) is 10.7 Å². The van der Waals surface area contributed by atoms with Gasteiger partial charge in [0, 0.05) is 61.1 Å². The molecule has 0 radical (unpaired) electrons. The van der Waals surface area contributed by atoms with Crippen LogP contribution in [0.3, 0.4) is 0 Å². The third-order valence-corrected chi connectivity index (χ3v) is 13.3. The predicted molar refractivity (Wildman–Crippen MR) is 304 cm³/mol. The van der Waals surface area contributed by atoms with Gasteiger partial charge in [0.25, 0.3) is 5.91 Å². The van der Waals surface area contributed by atoms with Crippen LogP contribution in [0.4, 0.5) is 28.0 Å². The number of rotatable bonds is 46. The monoisotopic (exact) mass is 1270 g/mol. The molecule has 5 rings (SSSR count). The van der Waals surface area contributed by atoms with Gasteiger partial charge in [-0.15, -0.1) is 0 Å². The molecule has 0 bridgehead atoms. The predicted octanol–water partition coefficient (Wildman–Crippen LogP) is 3.91. The van der Waals surface area contributed by atoms with Gasteiger partial charge >= 0.3 is 22.1 Å². The summed E-state index contributed by atoms with van der Waals surface area (Å²) in [5, 5.41) is 9.78. The minimum Gasteiger partial charge on any atom is -0.420 e. The molecule has 1 aromatic heterocycles. The Labute approximate surface area is 507 Å². The van der Waals surface area contributed by atoms with E-state index in [-0.39, 0.29) is 102 Å². The molecule has 2 heterocycles. The molecule has 0 unspecified atom stereocenters. The fourth-order valence-corrected chi connectivity index (χ4v) is 8.37. The molecule has 1 aliphatic heterocycles. The number of aliphatic imine (C=N–C) groups is 1. The zero-order chi connectivity index (χ0) is 63.4. The number of urea groups is 1. The number of nitrogens with zero attached hydrogens (tertiary/aromatic N) is 4. The summed E-state index contributed by atoms with van der Waals surface area (Å²) in [4.78, 5) is 67.0. The van der Waals surface area contributed by atoms with E-state index in [1.54, 1.807) is 18.5 Å². The molecule has 4 amide bonds. The van der Waals surface area contributed by atoms with Gasteiger partial charge < -0.3 is 73.8 Å². The number of fused-ring (bicyclic) bond motifs is 1. The fraction of sp³-hybridized carbons (Fsp3) is 0.589. The van der Waals surface area contributed by atoms with Crippen molar-refractivity contribution in [3.05, 3.63) is 70.8 Å². The van der Waals surface area contributed by atoms with E-state index in [1.807, 2.05) is 25.1 Å². The Bertz CT molecular complexity index is 2800. The van der Waals surface area contributed by atoms with E-state index in [1.165, 1.54) is 5.06 Å². The van der Waals surface area contributed by atoms with Crippen LogP contribution in [-0.2, 0) is 83.3 Å². The average molecular weight is 1280 g/mol. The summed E-state index contributed by atoms with van der Waals surface area (Å²) in [6.45, 7) is 8.37. The average Bonchev–Trinajstić information content (AvgIpc) is 1.87. The maximum atomic E-state index is 14.0. The van der Waals surface area contributed by atoms with Crippen LogP contribution in [0, 0.1) is 23.3 Å². The molecule has 1 aliphatic carbocycles. The lowest BCUT2D eigenvalue weighted by Crippen LogP contribution is -2.46. The highest BCUT2D eigenvalue weighted by Gasteiger charge is 2.34. The molecule has 32 heteroatoms. The van der Waals surface area contributed by atoms with Crippen molar-refractivity contribution in [1.82, 2.24) is 31.0 Å². The van der Waals surface area contributed by atoms with Crippen LogP contribution in [0.15, 0.2) is 46.1 Å². The summed E-state index contributed by atoms with van der Waals surface area (Å²) in [7, 11) is -5.65. The Balaban J connectivity index is 0.755. The van der Waals surface area contributed by atoms with E-state index in [9.17, 15) is 45.2 Å². The second-order valence-corrected chi connectivity index (χ2v) is 20.5. The number of hydroxylamine groups is 2. The Hall–Kier alpha value is -6.40. The normalized spacial score (nSPS) is 13.2. The summed E-state index contributed by atoms with van der Waals surface area (Å²) in [5.41, 5.74) is 9.52. The smallest absolute Gasteiger partial charge is 0.315 e. The first-order valence-corrected chi connectivity index (χ1v) is 30.1. The maximum Gasteiger partial charge on any atom is 0.315 e. The van der Waals surface area contributed by atoms with Crippen molar-refractivity contribution in [2.75, 3.05) is 152 Å². The minimum absolute atomic E-state index is 0.0128. The quantitative estimate of drug-likeness (QED) is 0.0102. The van der Waals surface area contributed by atoms with Crippen molar-refractivity contribution in [3.63, 3.8) is 0 Å². The summed E-state index contributed by atoms with van der Waals surface area (Å²) in [6, 6.07) is 5.55. The molecule has 88 heavy (non-hydrogen) atoms. The van der Waals surface area contributed by atoms with Crippen molar-refractivity contribution in [1.29, 1.82) is 0 Å². The van der Waals surface area contributed by atoms with Gasteiger partial charge in [-0.25, -0.2) is 33.6 Å². The first-order chi connectivity index (χ1) is 42.5. The van der Waals surface area contributed by atoms with Crippen molar-refractivity contribution < 1.29 is 107 Å². The molecule has 1 fully saturated rings. The lowest BCUT2D eigenvalue weighted by molar-refractivity contribution is -0.181. The van der Waals surface area contributed by atoms with Gasteiger partial charge in [-0.1, -0.05) is 19.1 Å². The number of halogens is 4. The van der Waals surface area contributed by atoms with E-state index in [0.29, 0.717) is 128 Å². The largest absolute Gasteiger partial charge is 0.420 e. The third-order valence-electron chi connectivity index (χ3n) is 12.4. The highest BCUT2D eigenvalue weighted by Crippen LogP contribution is 2.34. The molecule has 0 spiro atoms. The molecule has 0 atom stereocenters. The number of carbonyl (C=O) groups is 4. The van der Waals surface area contributed by atoms with Gasteiger partial charge in [-0.05, 0) is 43.4 Å². The lowest BCUT2D eigenvalue weighted by atomic mass is 9.93. The van der Waals surface area contributed by atoms with E-state index < -0.39 is 56.4 Å². The number of hydrogen-bond donors (Lipinski definition) is 5. The van der Waals surface area contributed by atoms with Gasteiger partial charge in [0.1, 0.15) is 11.7 Å². The highest BCUT2D eigenvalue weighted by molar-refractivity contribution is 7.85. The number of amides is 4. The van der Waals surface area contributed by atoms with Gasteiger partial charge in [-0.3, -0.25) is 23.8 Å². The Morgan fingerprint density at radius 1 is 0.659 bits per heavy atom. The molecule has 2 aliphatic rings. The van der Waals surface area contributed by atoms with E-state index >= 15 is 0 Å². The topological polar surface area (TPSA) is 337 Å². The summed E-state index contributed by atoms with van der Waals surface area (Å²) < 4.78 is 145. The number of ether oxygens (including phenoxy) is 11. The number of hydrogen-bond acceptors (Lipinski definition) is 22. The number of amidine groups is 1.